The summed E-state index contributed by atoms with van der Waals surface area (Å²) in [6, 6.07) is -0.286. The van der Waals surface area contributed by atoms with Gasteiger partial charge in [0.15, 0.2) is 0 Å². The fourth-order valence-corrected chi connectivity index (χ4v) is 1.52. The lowest BCUT2D eigenvalue weighted by atomic mass is 10.2. The summed E-state index contributed by atoms with van der Waals surface area (Å²) in [6.07, 6.45) is -4.42. The van der Waals surface area contributed by atoms with Gasteiger partial charge in [0.25, 0.3) is 0 Å². The number of amides is 1. The Labute approximate surface area is 96.6 Å². The molecule has 1 saturated heterocycles. The molecule has 0 aromatic carbocycles. The second-order valence-electron chi connectivity index (χ2n) is 3.66. The number of carbonyl (C=O) groups excluding carboxylic acids is 1. The predicted octanol–water partition coefficient (Wildman–Crippen LogP) is -0.249. The van der Waals surface area contributed by atoms with Gasteiger partial charge in [-0.1, -0.05) is 0 Å². The molecule has 1 heterocycles. The van der Waals surface area contributed by atoms with E-state index in [2.05, 4.69) is 4.74 Å². The Balaban J connectivity index is 2.35. The number of hydrogen-bond acceptors (Lipinski definition) is 4. The van der Waals surface area contributed by atoms with E-state index in [1.54, 1.807) is 0 Å². The Bertz CT molecular complexity index is 260. The van der Waals surface area contributed by atoms with Gasteiger partial charge in [-0.05, 0) is 0 Å². The van der Waals surface area contributed by atoms with Gasteiger partial charge in [0.1, 0.15) is 13.2 Å². The lowest BCUT2D eigenvalue weighted by Gasteiger charge is -2.34. The number of nitrogens with zero attached hydrogens (tertiary/aromatic N) is 1. The first kappa shape index (κ1) is 14.2. The van der Waals surface area contributed by atoms with Gasteiger partial charge in [0, 0.05) is 13.1 Å². The molecule has 5 nitrogen and oxygen atoms in total. The molecule has 17 heavy (non-hydrogen) atoms. The highest BCUT2D eigenvalue weighted by Gasteiger charge is 2.30. The van der Waals surface area contributed by atoms with Crippen molar-refractivity contribution < 1.29 is 27.4 Å². The van der Waals surface area contributed by atoms with E-state index in [0.29, 0.717) is 19.8 Å². The van der Waals surface area contributed by atoms with Gasteiger partial charge in [0.2, 0.25) is 5.91 Å². The lowest BCUT2D eigenvalue weighted by Crippen LogP contribution is -2.53. The molecule has 1 unspecified atom stereocenters. The van der Waals surface area contributed by atoms with Crippen molar-refractivity contribution in [2.45, 2.75) is 12.2 Å². The zero-order valence-electron chi connectivity index (χ0n) is 9.20. The third-order valence-corrected chi connectivity index (χ3v) is 2.31. The average molecular weight is 256 g/mol. The van der Waals surface area contributed by atoms with Crippen molar-refractivity contribution in [3.05, 3.63) is 0 Å². The fourth-order valence-electron chi connectivity index (χ4n) is 1.52. The maximum absolute atomic E-state index is 11.8. The zero-order chi connectivity index (χ0) is 12.9. The van der Waals surface area contributed by atoms with Crippen molar-refractivity contribution in [1.82, 2.24) is 4.90 Å². The number of hydrogen-bond donors (Lipinski definition) is 1. The van der Waals surface area contributed by atoms with Gasteiger partial charge in [-0.15, -0.1) is 0 Å². The summed E-state index contributed by atoms with van der Waals surface area (Å²) in [5, 5.41) is 0. The molecular weight excluding hydrogens is 241 g/mol. The maximum Gasteiger partial charge on any atom is 0.411 e. The van der Waals surface area contributed by atoms with Crippen molar-refractivity contribution >= 4 is 5.91 Å². The van der Waals surface area contributed by atoms with Crippen LogP contribution in [0.5, 0.6) is 0 Å². The van der Waals surface area contributed by atoms with Crippen LogP contribution in [0.4, 0.5) is 13.2 Å². The summed E-state index contributed by atoms with van der Waals surface area (Å²) >= 11 is 0. The molecule has 1 aliphatic rings. The molecule has 100 valence electrons. The van der Waals surface area contributed by atoms with Gasteiger partial charge >= 0.3 is 6.18 Å². The van der Waals surface area contributed by atoms with Crippen LogP contribution < -0.4 is 5.73 Å². The normalized spacial score (nSPS) is 21.6. The molecular formula is C9H15F3N2O3. The molecule has 1 aliphatic heterocycles. The first-order valence-electron chi connectivity index (χ1n) is 5.16. The molecule has 0 spiro atoms. The van der Waals surface area contributed by atoms with Crippen molar-refractivity contribution in [2.24, 2.45) is 5.73 Å². The zero-order valence-corrected chi connectivity index (χ0v) is 9.20. The third kappa shape index (κ3) is 4.88. The number of carbonyl (C=O) groups is 1. The Morgan fingerprint density at radius 2 is 2.24 bits per heavy atom. The second-order valence-corrected chi connectivity index (χ2v) is 3.66. The molecule has 0 bridgehead atoms. The number of nitrogens with two attached hydrogens (primary N) is 1. The number of halogens is 3. The van der Waals surface area contributed by atoms with Crippen LogP contribution in [0.15, 0.2) is 0 Å². The van der Waals surface area contributed by atoms with E-state index in [1.165, 1.54) is 4.90 Å². The van der Waals surface area contributed by atoms with Crippen molar-refractivity contribution in [3.8, 4) is 0 Å². The molecule has 1 atom stereocenters. The van der Waals surface area contributed by atoms with Crippen LogP contribution in [-0.4, -0.2) is 62.5 Å². The van der Waals surface area contributed by atoms with E-state index in [1.807, 2.05) is 0 Å². The minimum atomic E-state index is -4.42. The fraction of sp³-hybridized carbons (Fsp3) is 0.889. The summed E-state index contributed by atoms with van der Waals surface area (Å²) in [5.74, 6) is -0.493. The van der Waals surface area contributed by atoms with Crippen molar-refractivity contribution in [2.75, 3.05) is 39.5 Å². The topological polar surface area (TPSA) is 64.8 Å². The second kappa shape index (κ2) is 6.18. The number of rotatable bonds is 4. The Morgan fingerprint density at radius 3 is 2.82 bits per heavy atom. The van der Waals surface area contributed by atoms with Crippen LogP contribution in [0, 0.1) is 0 Å². The Morgan fingerprint density at radius 1 is 1.53 bits per heavy atom. The summed E-state index contributed by atoms with van der Waals surface area (Å²) in [7, 11) is 0. The lowest BCUT2D eigenvalue weighted by molar-refractivity contribution is -0.179. The van der Waals surface area contributed by atoms with Crippen LogP contribution in [0.1, 0.15) is 0 Å². The minimum Gasteiger partial charge on any atom is -0.377 e. The Kier molecular flexibility index (Phi) is 5.16. The van der Waals surface area contributed by atoms with Crippen LogP contribution in [-0.2, 0) is 14.3 Å². The summed E-state index contributed by atoms with van der Waals surface area (Å²) in [4.78, 5) is 13.0. The molecule has 0 radical (unpaired) electrons. The number of morpholine rings is 1. The first-order valence-corrected chi connectivity index (χ1v) is 5.16. The third-order valence-electron chi connectivity index (χ3n) is 2.31. The van der Waals surface area contributed by atoms with Gasteiger partial charge in [-0.3, -0.25) is 4.79 Å². The number of alkyl halides is 3. The molecule has 1 rings (SSSR count). The smallest absolute Gasteiger partial charge is 0.377 e. The van der Waals surface area contributed by atoms with E-state index in [4.69, 9.17) is 10.5 Å². The SMILES string of the molecule is NCC1COCCN1C(=O)COCC(F)(F)F. The molecule has 0 aromatic heterocycles. The van der Waals surface area contributed by atoms with Gasteiger partial charge in [-0.2, -0.15) is 13.2 Å². The van der Waals surface area contributed by atoms with E-state index < -0.39 is 25.3 Å². The molecule has 0 saturated carbocycles. The van der Waals surface area contributed by atoms with Gasteiger partial charge in [0.05, 0.1) is 19.3 Å². The van der Waals surface area contributed by atoms with Crippen molar-refractivity contribution in [1.29, 1.82) is 0 Å². The average Bonchev–Trinajstić information content (AvgIpc) is 2.27. The largest absolute Gasteiger partial charge is 0.411 e. The maximum atomic E-state index is 11.8. The summed E-state index contributed by atoms with van der Waals surface area (Å²) in [6.45, 7) is -0.795. The van der Waals surface area contributed by atoms with E-state index in [0.717, 1.165) is 0 Å². The highest BCUT2D eigenvalue weighted by molar-refractivity contribution is 5.78. The molecule has 1 amide bonds. The highest BCUT2D eigenvalue weighted by Crippen LogP contribution is 2.14. The van der Waals surface area contributed by atoms with E-state index >= 15 is 0 Å². The first-order chi connectivity index (χ1) is 7.94. The van der Waals surface area contributed by atoms with Crippen molar-refractivity contribution in [3.63, 3.8) is 0 Å². The van der Waals surface area contributed by atoms with Crippen LogP contribution >= 0.6 is 0 Å². The molecule has 0 aromatic rings. The van der Waals surface area contributed by atoms with E-state index in [9.17, 15) is 18.0 Å². The molecule has 2 N–H and O–H groups in total. The van der Waals surface area contributed by atoms with Gasteiger partial charge < -0.3 is 20.1 Å². The summed E-state index contributed by atoms with van der Waals surface area (Å²) in [5.41, 5.74) is 5.43. The molecule has 0 aliphatic carbocycles. The van der Waals surface area contributed by atoms with Crippen LogP contribution in [0.25, 0.3) is 0 Å². The van der Waals surface area contributed by atoms with Crippen LogP contribution in [0.3, 0.4) is 0 Å². The monoisotopic (exact) mass is 256 g/mol. The standard InChI is InChI=1S/C9H15F3N2O3/c10-9(11,12)6-17-5-8(15)14-1-2-16-4-7(14)3-13/h7H,1-6,13H2. The molecule has 1 fully saturated rings. The van der Waals surface area contributed by atoms with E-state index in [-0.39, 0.29) is 12.6 Å². The minimum absolute atomic E-state index is 0.213. The van der Waals surface area contributed by atoms with Gasteiger partial charge in [-0.25, -0.2) is 0 Å². The Hall–Kier alpha value is -0.860. The van der Waals surface area contributed by atoms with Crippen LogP contribution in [0.2, 0.25) is 0 Å². The predicted molar refractivity (Wildman–Crippen MR) is 52.2 cm³/mol. The quantitative estimate of drug-likeness (QED) is 0.753. The molecule has 8 heteroatoms. The summed E-state index contributed by atoms with van der Waals surface area (Å²) < 4.78 is 44.8. The number of ether oxygens (including phenoxy) is 2. The highest BCUT2D eigenvalue weighted by atomic mass is 19.4.